The van der Waals surface area contributed by atoms with Gasteiger partial charge in [0.2, 0.25) is 0 Å². The lowest BCUT2D eigenvalue weighted by Gasteiger charge is -2.13. The summed E-state index contributed by atoms with van der Waals surface area (Å²) in [5.41, 5.74) is 8.17. The smallest absolute Gasteiger partial charge is 0.343 e. The standard InChI is InChI=1S/C52H44N2O9/c1-29-20-31(3)46(32(4)21-29)48(55)53-40-15-10-35(11-16-40)50(57)61-43-26-44(28-45(27-43)63-52(59)39-9-8-38-25-42(60-7)19-14-37(38)24-39)62-51(58)36-12-17-41(18-13-36)54-49(56)47-33(5)22-30(2)23-34(47)6/h8-28H,1-7H3,(H,53,55)(H,54,56). The highest BCUT2D eigenvalue weighted by Gasteiger charge is 2.19. The molecule has 0 saturated heterocycles. The van der Waals surface area contributed by atoms with Gasteiger partial charge in [-0.05, 0) is 147 Å². The number of aryl methyl sites for hydroxylation is 6. The maximum absolute atomic E-state index is 13.5. The third kappa shape index (κ3) is 10.1. The molecule has 0 aromatic heterocycles. The Morgan fingerprint density at radius 2 is 0.730 bits per heavy atom. The number of rotatable bonds is 11. The molecule has 0 aliphatic rings. The Labute approximate surface area is 364 Å². The van der Waals surface area contributed by atoms with Gasteiger partial charge in [-0.1, -0.05) is 47.5 Å². The first-order chi connectivity index (χ1) is 30.1. The lowest BCUT2D eigenvalue weighted by molar-refractivity contribution is 0.0729. The van der Waals surface area contributed by atoms with Gasteiger partial charge in [-0.3, -0.25) is 9.59 Å². The van der Waals surface area contributed by atoms with E-state index in [0.717, 1.165) is 44.2 Å². The molecule has 0 saturated carbocycles. The monoisotopic (exact) mass is 840 g/mol. The number of nitrogens with one attached hydrogen (secondary N) is 2. The molecule has 0 aliphatic heterocycles. The van der Waals surface area contributed by atoms with Crippen LogP contribution in [0.2, 0.25) is 0 Å². The fourth-order valence-electron chi connectivity index (χ4n) is 7.54. The van der Waals surface area contributed by atoms with Crippen LogP contribution < -0.4 is 29.6 Å². The summed E-state index contributed by atoms with van der Waals surface area (Å²) in [5, 5.41) is 7.39. The number of benzene rings is 7. The molecule has 316 valence electrons. The van der Waals surface area contributed by atoms with E-state index in [1.54, 1.807) is 55.6 Å². The maximum atomic E-state index is 13.5. The van der Waals surface area contributed by atoms with Crippen LogP contribution in [0.5, 0.6) is 23.0 Å². The summed E-state index contributed by atoms with van der Waals surface area (Å²) < 4.78 is 22.5. The molecule has 11 heteroatoms. The van der Waals surface area contributed by atoms with E-state index in [2.05, 4.69) is 10.6 Å². The van der Waals surface area contributed by atoms with Gasteiger partial charge in [0.15, 0.2) is 0 Å². The van der Waals surface area contributed by atoms with Crippen LogP contribution in [0.25, 0.3) is 10.8 Å². The molecule has 0 radical (unpaired) electrons. The fourth-order valence-corrected chi connectivity index (χ4v) is 7.54. The molecular weight excluding hydrogens is 797 g/mol. The van der Waals surface area contributed by atoms with Crippen molar-refractivity contribution in [3.8, 4) is 23.0 Å². The minimum atomic E-state index is -0.766. The number of anilines is 2. The van der Waals surface area contributed by atoms with Gasteiger partial charge in [0.1, 0.15) is 23.0 Å². The predicted octanol–water partition coefficient (Wildman–Crippen LogP) is 10.9. The summed E-state index contributed by atoms with van der Waals surface area (Å²) in [6, 6.07) is 34.6. The van der Waals surface area contributed by atoms with Gasteiger partial charge in [0.05, 0.1) is 23.8 Å². The molecule has 0 heterocycles. The number of amides is 2. The molecule has 63 heavy (non-hydrogen) atoms. The Morgan fingerprint density at radius 1 is 0.381 bits per heavy atom. The van der Waals surface area contributed by atoms with Gasteiger partial charge in [0, 0.05) is 40.7 Å². The molecule has 7 aromatic carbocycles. The number of hydrogen-bond donors (Lipinski definition) is 2. The predicted molar refractivity (Wildman–Crippen MR) is 242 cm³/mol. The molecule has 0 aliphatic carbocycles. The fraction of sp³-hybridized carbons (Fsp3) is 0.135. The van der Waals surface area contributed by atoms with Crippen molar-refractivity contribution in [3.05, 3.63) is 189 Å². The van der Waals surface area contributed by atoms with Gasteiger partial charge < -0.3 is 29.6 Å². The van der Waals surface area contributed by atoms with E-state index in [1.165, 1.54) is 42.5 Å². The largest absolute Gasteiger partial charge is 0.497 e. The second-order valence-corrected chi connectivity index (χ2v) is 15.3. The molecule has 0 unspecified atom stereocenters. The summed E-state index contributed by atoms with van der Waals surface area (Å²) in [6.45, 7) is 11.5. The van der Waals surface area contributed by atoms with Gasteiger partial charge in [0.25, 0.3) is 11.8 Å². The van der Waals surface area contributed by atoms with Crippen LogP contribution in [0.4, 0.5) is 11.4 Å². The molecule has 11 nitrogen and oxygen atoms in total. The van der Waals surface area contributed by atoms with Crippen molar-refractivity contribution in [1.82, 2.24) is 0 Å². The summed E-state index contributed by atoms with van der Waals surface area (Å²) in [6.07, 6.45) is 0. The molecule has 0 bridgehead atoms. The highest BCUT2D eigenvalue weighted by molar-refractivity contribution is 6.07. The molecule has 0 spiro atoms. The number of carbonyl (C=O) groups is 5. The first-order valence-corrected chi connectivity index (χ1v) is 20.0. The van der Waals surface area contributed by atoms with E-state index in [0.29, 0.717) is 28.3 Å². The number of carbonyl (C=O) groups excluding carboxylic acids is 5. The summed E-state index contributed by atoms with van der Waals surface area (Å²) >= 11 is 0. The Hall–Kier alpha value is -8.05. The van der Waals surface area contributed by atoms with Crippen LogP contribution in [-0.4, -0.2) is 36.8 Å². The van der Waals surface area contributed by atoms with Crippen molar-refractivity contribution in [3.63, 3.8) is 0 Å². The Bertz CT molecular complexity index is 2760. The number of ether oxygens (including phenoxy) is 4. The van der Waals surface area contributed by atoms with E-state index < -0.39 is 17.9 Å². The average Bonchev–Trinajstić information content (AvgIpc) is 3.23. The Kier molecular flexibility index (Phi) is 12.5. The molecule has 7 rings (SSSR count). The van der Waals surface area contributed by atoms with E-state index in [4.69, 9.17) is 18.9 Å². The first-order valence-electron chi connectivity index (χ1n) is 20.0. The lowest BCUT2D eigenvalue weighted by Crippen LogP contribution is -2.16. The van der Waals surface area contributed by atoms with Crippen molar-refractivity contribution >= 4 is 51.9 Å². The highest BCUT2D eigenvalue weighted by Crippen LogP contribution is 2.31. The lowest BCUT2D eigenvalue weighted by atomic mass is 9.99. The SMILES string of the molecule is COc1ccc2cc(C(=O)Oc3cc(OC(=O)c4ccc(NC(=O)c5c(C)cc(C)cc5C)cc4)cc(OC(=O)c4ccc(NC(=O)c5c(C)cc(C)cc5C)cc4)c3)ccc2c1. The molecule has 0 atom stereocenters. The number of hydrogen-bond acceptors (Lipinski definition) is 9. The second kappa shape index (κ2) is 18.3. The summed E-state index contributed by atoms with van der Waals surface area (Å²) in [7, 11) is 1.57. The van der Waals surface area contributed by atoms with E-state index in [1.807, 2.05) is 77.9 Å². The topological polar surface area (TPSA) is 146 Å². The van der Waals surface area contributed by atoms with Gasteiger partial charge in [-0.15, -0.1) is 0 Å². The molecule has 2 amide bonds. The van der Waals surface area contributed by atoms with Crippen molar-refractivity contribution in [2.45, 2.75) is 41.5 Å². The van der Waals surface area contributed by atoms with Crippen molar-refractivity contribution in [2.24, 2.45) is 0 Å². The van der Waals surface area contributed by atoms with Crippen LogP contribution in [0.1, 0.15) is 85.2 Å². The second-order valence-electron chi connectivity index (χ2n) is 15.3. The zero-order valence-corrected chi connectivity index (χ0v) is 35.8. The third-order valence-corrected chi connectivity index (χ3v) is 10.3. The van der Waals surface area contributed by atoms with Crippen molar-refractivity contribution < 1.29 is 42.9 Å². The van der Waals surface area contributed by atoms with Crippen LogP contribution in [0.15, 0.2) is 127 Å². The third-order valence-electron chi connectivity index (χ3n) is 10.3. The van der Waals surface area contributed by atoms with E-state index in [9.17, 15) is 24.0 Å². The zero-order chi connectivity index (χ0) is 44.9. The minimum absolute atomic E-state index is 0.0672. The maximum Gasteiger partial charge on any atom is 0.343 e. The molecular formula is C52H44N2O9. The number of fused-ring (bicyclic) bond motifs is 1. The van der Waals surface area contributed by atoms with Crippen LogP contribution in [-0.2, 0) is 0 Å². The normalized spacial score (nSPS) is 10.8. The van der Waals surface area contributed by atoms with Crippen molar-refractivity contribution in [2.75, 3.05) is 17.7 Å². The molecule has 2 N–H and O–H groups in total. The van der Waals surface area contributed by atoms with Crippen LogP contribution in [0, 0.1) is 41.5 Å². The number of methoxy groups -OCH3 is 1. The first kappa shape index (κ1) is 43.1. The zero-order valence-electron chi connectivity index (χ0n) is 35.8. The van der Waals surface area contributed by atoms with Crippen molar-refractivity contribution in [1.29, 1.82) is 0 Å². The van der Waals surface area contributed by atoms with Crippen LogP contribution in [0.3, 0.4) is 0 Å². The van der Waals surface area contributed by atoms with E-state index >= 15 is 0 Å². The number of esters is 3. The van der Waals surface area contributed by atoms with E-state index in [-0.39, 0.29) is 45.8 Å². The molecule has 0 fully saturated rings. The average molecular weight is 841 g/mol. The Balaban J connectivity index is 1.10. The quantitative estimate of drug-likeness (QED) is 0.0960. The van der Waals surface area contributed by atoms with Gasteiger partial charge in [-0.2, -0.15) is 0 Å². The minimum Gasteiger partial charge on any atom is -0.497 e. The molecule has 7 aromatic rings. The van der Waals surface area contributed by atoms with Crippen LogP contribution >= 0.6 is 0 Å². The van der Waals surface area contributed by atoms with Gasteiger partial charge in [-0.25, -0.2) is 14.4 Å². The van der Waals surface area contributed by atoms with Gasteiger partial charge >= 0.3 is 17.9 Å². The highest BCUT2D eigenvalue weighted by atomic mass is 16.6. The Morgan fingerprint density at radius 3 is 1.13 bits per heavy atom. The summed E-state index contributed by atoms with van der Waals surface area (Å²) in [5.74, 6) is -2.36. The summed E-state index contributed by atoms with van der Waals surface area (Å²) in [4.78, 5) is 66.7.